The molecule has 0 aliphatic heterocycles. The molecule has 2 N–H and O–H groups in total. The largest absolute Gasteiger partial charge is 0.464 e. The zero-order valence-corrected chi connectivity index (χ0v) is 12.7. The molecule has 0 radical (unpaired) electrons. The Kier molecular flexibility index (Phi) is 4.69. The fourth-order valence-electron chi connectivity index (χ4n) is 2.86. The molecule has 3 unspecified atom stereocenters. The lowest BCUT2D eigenvalue weighted by atomic mass is 10.1. The Hall–Kier alpha value is -0.800. The molecule has 108 valence electrons. The van der Waals surface area contributed by atoms with Crippen molar-refractivity contribution in [2.24, 2.45) is 17.6 Å². The third-order valence-corrected chi connectivity index (χ3v) is 4.12. The molecule has 3 atom stereocenters. The van der Waals surface area contributed by atoms with E-state index in [0.29, 0.717) is 18.4 Å². The fourth-order valence-corrected chi connectivity index (χ4v) is 2.86. The molecule has 2 rings (SSSR count). The maximum atomic E-state index is 6.07. The monoisotopic (exact) mass is 264 g/mol. The summed E-state index contributed by atoms with van der Waals surface area (Å²) in [4.78, 5) is 2.42. The SMILES string of the molecule is CCN(CC(C)C)C(CN)c1ccc(C2CC2C)o1. The second kappa shape index (κ2) is 6.10. The molecule has 0 saturated heterocycles. The van der Waals surface area contributed by atoms with Crippen LogP contribution in [0.3, 0.4) is 0 Å². The Morgan fingerprint density at radius 1 is 1.42 bits per heavy atom. The molecule has 1 aliphatic carbocycles. The van der Waals surface area contributed by atoms with E-state index in [2.05, 4.69) is 44.7 Å². The summed E-state index contributed by atoms with van der Waals surface area (Å²) in [5, 5.41) is 0. The molecule has 1 fully saturated rings. The van der Waals surface area contributed by atoms with Gasteiger partial charge in [0.15, 0.2) is 0 Å². The van der Waals surface area contributed by atoms with Crippen molar-refractivity contribution in [3.05, 3.63) is 23.7 Å². The van der Waals surface area contributed by atoms with Gasteiger partial charge in [-0.15, -0.1) is 0 Å². The van der Waals surface area contributed by atoms with Crippen LogP contribution in [0, 0.1) is 11.8 Å². The van der Waals surface area contributed by atoms with Crippen LogP contribution in [0.5, 0.6) is 0 Å². The molecule has 1 aromatic heterocycles. The maximum absolute atomic E-state index is 6.07. The molecular weight excluding hydrogens is 236 g/mol. The van der Waals surface area contributed by atoms with Crippen LogP contribution in [0.1, 0.15) is 57.6 Å². The summed E-state index contributed by atoms with van der Waals surface area (Å²) in [5.74, 6) is 4.27. The van der Waals surface area contributed by atoms with Gasteiger partial charge in [0.25, 0.3) is 0 Å². The van der Waals surface area contributed by atoms with E-state index in [1.54, 1.807) is 0 Å². The molecule has 0 bridgehead atoms. The van der Waals surface area contributed by atoms with Crippen molar-refractivity contribution in [2.45, 2.75) is 46.1 Å². The van der Waals surface area contributed by atoms with Gasteiger partial charge >= 0.3 is 0 Å². The first-order valence-electron chi connectivity index (χ1n) is 7.60. The Balaban J connectivity index is 2.09. The van der Waals surface area contributed by atoms with Gasteiger partial charge in [0.05, 0.1) is 6.04 Å². The Morgan fingerprint density at radius 2 is 2.11 bits per heavy atom. The van der Waals surface area contributed by atoms with Crippen LogP contribution in [0.25, 0.3) is 0 Å². The smallest absolute Gasteiger partial charge is 0.122 e. The van der Waals surface area contributed by atoms with Crippen LogP contribution in [-0.2, 0) is 0 Å². The van der Waals surface area contributed by atoms with Crippen molar-refractivity contribution in [3.63, 3.8) is 0 Å². The summed E-state index contributed by atoms with van der Waals surface area (Å²) in [5.41, 5.74) is 5.98. The van der Waals surface area contributed by atoms with E-state index in [-0.39, 0.29) is 6.04 Å². The minimum absolute atomic E-state index is 0.218. The van der Waals surface area contributed by atoms with Crippen LogP contribution < -0.4 is 5.73 Å². The highest BCUT2D eigenvalue weighted by atomic mass is 16.3. The molecule has 0 amide bonds. The minimum atomic E-state index is 0.218. The van der Waals surface area contributed by atoms with Crippen LogP contribution in [0.4, 0.5) is 0 Å². The molecule has 3 nitrogen and oxygen atoms in total. The summed E-state index contributed by atoms with van der Waals surface area (Å²) in [7, 11) is 0. The summed E-state index contributed by atoms with van der Waals surface area (Å²) in [6.07, 6.45) is 1.27. The average Bonchev–Trinajstić information content (AvgIpc) is 2.90. The van der Waals surface area contributed by atoms with Crippen LogP contribution in [-0.4, -0.2) is 24.5 Å². The summed E-state index contributed by atoms with van der Waals surface area (Å²) in [6, 6.07) is 4.49. The lowest BCUT2D eigenvalue weighted by molar-refractivity contribution is 0.167. The first-order chi connectivity index (χ1) is 9.06. The van der Waals surface area contributed by atoms with Gasteiger partial charge in [0, 0.05) is 19.0 Å². The number of nitrogens with zero attached hydrogens (tertiary/aromatic N) is 1. The lowest BCUT2D eigenvalue weighted by Crippen LogP contribution is -2.36. The standard InChI is InChI=1S/C16H28N2O/c1-5-18(10-11(2)3)14(9-17)16-7-6-15(19-16)13-8-12(13)4/h6-7,11-14H,5,8-10,17H2,1-4H3. The van der Waals surface area contributed by atoms with E-state index < -0.39 is 0 Å². The summed E-state index contributed by atoms with van der Waals surface area (Å²) < 4.78 is 6.07. The zero-order chi connectivity index (χ0) is 14.0. The molecule has 0 aromatic carbocycles. The van der Waals surface area contributed by atoms with E-state index >= 15 is 0 Å². The highest BCUT2D eigenvalue weighted by molar-refractivity contribution is 5.19. The van der Waals surface area contributed by atoms with Gasteiger partial charge in [-0.2, -0.15) is 0 Å². The van der Waals surface area contributed by atoms with Crippen molar-refractivity contribution >= 4 is 0 Å². The van der Waals surface area contributed by atoms with Crippen LogP contribution >= 0.6 is 0 Å². The van der Waals surface area contributed by atoms with Gasteiger partial charge in [0.1, 0.15) is 11.5 Å². The number of rotatable bonds is 7. The van der Waals surface area contributed by atoms with Gasteiger partial charge in [-0.1, -0.05) is 27.7 Å². The Labute approximate surface area is 117 Å². The quantitative estimate of drug-likeness (QED) is 0.821. The summed E-state index contributed by atoms with van der Waals surface area (Å²) in [6.45, 7) is 11.7. The Bertz CT molecular complexity index is 399. The van der Waals surface area contributed by atoms with E-state index in [1.165, 1.54) is 6.42 Å². The number of hydrogen-bond donors (Lipinski definition) is 1. The van der Waals surface area contributed by atoms with E-state index in [9.17, 15) is 0 Å². The molecule has 1 aromatic rings. The second-order valence-corrected chi connectivity index (χ2v) is 6.29. The van der Waals surface area contributed by atoms with Crippen LogP contribution in [0.15, 0.2) is 16.5 Å². The predicted molar refractivity (Wildman–Crippen MR) is 79.1 cm³/mol. The molecule has 19 heavy (non-hydrogen) atoms. The first-order valence-corrected chi connectivity index (χ1v) is 7.60. The molecule has 0 spiro atoms. The third-order valence-electron chi connectivity index (χ3n) is 4.12. The average molecular weight is 264 g/mol. The second-order valence-electron chi connectivity index (χ2n) is 6.29. The van der Waals surface area contributed by atoms with Gasteiger partial charge < -0.3 is 10.2 Å². The van der Waals surface area contributed by atoms with Crippen molar-refractivity contribution in [2.75, 3.05) is 19.6 Å². The Morgan fingerprint density at radius 3 is 2.58 bits per heavy atom. The summed E-state index contributed by atoms with van der Waals surface area (Å²) >= 11 is 0. The highest BCUT2D eigenvalue weighted by Gasteiger charge is 2.37. The van der Waals surface area contributed by atoms with E-state index in [4.69, 9.17) is 10.2 Å². The van der Waals surface area contributed by atoms with Crippen molar-refractivity contribution in [1.82, 2.24) is 4.90 Å². The fraction of sp³-hybridized carbons (Fsp3) is 0.750. The number of furan rings is 1. The molecule has 3 heteroatoms. The van der Waals surface area contributed by atoms with Crippen LogP contribution in [0.2, 0.25) is 0 Å². The van der Waals surface area contributed by atoms with Gasteiger partial charge in [0.2, 0.25) is 0 Å². The maximum Gasteiger partial charge on any atom is 0.122 e. The topological polar surface area (TPSA) is 42.4 Å². The van der Waals surface area contributed by atoms with Crippen molar-refractivity contribution in [1.29, 1.82) is 0 Å². The van der Waals surface area contributed by atoms with E-state index in [1.807, 2.05) is 0 Å². The number of hydrogen-bond acceptors (Lipinski definition) is 3. The normalized spacial score (nSPS) is 24.2. The lowest BCUT2D eigenvalue weighted by Gasteiger charge is -2.29. The molecular formula is C16H28N2O. The predicted octanol–water partition coefficient (Wildman–Crippen LogP) is 3.38. The molecule has 1 saturated carbocycles. The minimum Gasteiger partial charge on any atom is -0.464 e. The third kappa shape index (κ3) is 3.40. The first kappa shape index (κ1) is 14.6. The van der Waals surface area contributed by atoms with Gasteiger partial charge in [-0.3, -0.25) is 4.90 Å². The van der Waals surface area contributed by atoms with Gasteiger partial charge in [-0.05, 0) is 36.9 Å². The highest BCUT2D eigenvalue weighted by Crippen LogP contribution is 2.47. The molecule has 1 heterocycles. The molecule has 1 aliphatic rings. The van der Waals surface area contributed by atoms with Crippen molar-refractivity contribution in [3.8, 4) is 0 Å². The zero-order valence-electron chi connectivity index (χ0n) is 12.7. The number of likely N-dealkylation sites (N-methyl/N-ethyl adjacent to an activating group) is 1. The van der Waals surface area contributed by atoms with E-state index in [0.717, 1.165) is 30.5 Å². The number of nitrogens with two attached hydrogens (primary N) is 1. The van der Waals surface area contributed by atoms with Gasteiger partial charge in [-0.25, -0.2) is 0 Å². The van der Waals surface area contributed by atoms with Crippen molar-refractivity contribution < 1.29 is 4.42 Å².